The summed E-state index contributed by atoms with van der Waals surface area (Å²) in [5.41, 5.74) is 2.40. The van der Waals surface area contributed by atoms with Crippen LogP contribution in [0.2, 0.25) is 0 Å². The number of halogens is 3. The molecular weight excluding hydrogens is 645 g/mol. The van der Waals surface area contributed by atoms with Gasteiger partial charge in [0.05, 0.1) is 32.6 Å². The van der Waals surface area contributed by atoms with E-state index in [9.17, 15) is 13.2 Å². The van der Waals surface area contributed by atoms with Gasteiger partial charge in [-0.1, -0.05) is 96.2 Å². The highest BCUT2D eigenvalue weighted by atomic mass is 19.2. The van der Waals surface area contributed by atoms with Gasteiger partial charge in [0.15, 0.2) is 17.5 Å². The Morgan fingerprint density at radius 2 is 1.40 bits per heavy atom. The van der Waals surface area contributed by atoms with Crippen LogP contribution in [0.25, 0.3) is 11.3 Å². The quantitative estimate of drug-likeness (QED) is 0.145. The maximum atomic E-state index is 14.3. The maximum Gasteiger partial charge on any atom is 0.194 e. The van der Waals surface area contributed by atoms with E-state index in [0.29, 0.717) is 26.2 Å². The predicted molar refractivity (Wildman–Crippen MR) is 180 cm³/mol. The molecule has 260 valence electrons. The Morgan fingerprint density at radius 1 is 0.800 bits per heavy atom. The third-order valence-electron chi connectivity index (χ3n) is 9.34. The Balaban J connectivity index is 1.29. The molecule has 1 spiro atoms. The molecule has 11 heteroatoms. The van der Waals surface area contributed by atoms with E-state index in [1.807, 2.05) is 91.0 Å². The third-order valence-corrected chi connectivity index (χ3v) is 9.34. The van der Waals surface area contributed by atoms with Crippen molar-refractivity contribution in [1.29, 1.82) is 0 Å². The second kappa shape index (κ2) is 15.7. The number of aromatic nitrogens is 3. The second-order valence-electron chi connectivity index (χ2n) is 12.8. The molecule has 2 aliphatic heterocycles. The van der Waals surface area contributed by atoms with Crippen molar-refractivity contribution in [2.75, 3.05) is 19.7 Å². The first kappa shape index (κ1) is 34.1. The summed E-state index contributed by atoms with van der Waals surface area (Å²) >= 11 is 0. The minimum atomic E-state index is -1.54. The van der Waals surface area contributed by atoms with Gasteiger partial charge in [-0.2, -0.15) is 0 Å². The van der Waals surface area contributed by atoms with E-state index in [-0.39, 0.29) is 24.5 Å². The highest BCUT2D eigenvalue weighted by molar-refractivity contribution is 5.58. The van der Waals surface area contributed by atoms with E-state index in [1.165, 1.54) is 0 Å². The van der Waals surface area contributed by atoms with Gasteiger partial charge < -0.3 is 24.3 Å². The number of hydrogen-bond acceptors (Lipinski definition) is 7. The largest absolute Gasteiger partial charge is 0.374 e. The number of hydrogen-bond donors (Lipinski definition) is 1. The summed E-state index contributed by atoms with van der Waals surface area (Å²) in [5, 5.41) is 12.3. The molecule has 0 bridgehead atoms. The monoisotopic (exact) mass is 684 g/mol. The van der Waals surface area contributed by atoms with Crippen LogP contribution in [-0.2, 0) is 38.8 Å². The molecule has 0 saturated carbocycles. The van der Waals surface area contributed by atoms with Crippen molar-refractivity contribution in [3.05, 3.63) is 143 Å². The van der Waals surface area contributed by atoms with E-state index < -0.39 is 47.4 Å². The van der Waals surface area contributed by atoms with Crippen molar-refractivity contribution >= 4 is 0 Å². The van der Waals surface area contributed by atoms with Gasteiger partial charge in [0, 0.05) is 12.1 Å². The van der Waals surface area contributed by atoms with E-state index in [0.717, 1.165) is 41.8 Å². The molecule has 50 heavy (non-hydrogen) atoms. The van der Waals surface area contributed by atoms with Crippen LogP contribution in [0.5, 0.6) is 0 Å². The Kier molecular flexibility index (Phi) is 10.7. The molecule has 3 heterocycles. The minimum Gasteiger partial charge on any atom is -0.374 e. The molecule has 0 radical (unpaired) electrons. The number of nitrogens with one attached hydrogen (secondary N) is 1. The van der Waals surface area contributed by atoms with Crippen molar-refractivity contribution in [3.63, 3.8) is 0 Å². The Morgan fingerprint density at radius 3 is 2.00 bits per heavy atom. The van der Waals surface area contributed by atoms with Crippen LogP contribution >= 0.6 is 0 Å². The van der Waals surface area contributed by atoms with Gasteiger partial charge in [0.2, 0.25) is 0 Å². The van der Waals surface area contributed by atoms with Crippen molar-refractivity contribution in [3.8, 4) is 11.3 Å². The summed E-state index contributed by atoms with van der Waals surface area (Å²) in [6, 6.07) is 30.8. The van der Waals surface area contributed by atoms with Crippen LogP contribution in [-0.4, -0.2) is 58.6 Å². The van der Waals surface area contributed by atoms with Gasteiger partial charge in [-0.05, 0) is 48.2 Å². The van der Waals surface area contributed by atoms with Gasteiger partial charge in [0.1, 0.15) is 35.6 Å². The maximum absolute atomic E-state index is 14.3. The molecular formula is C39H39F3N4O4. The average molecular weight is 685 g/mol. The fraction of sp³-hybridized carbons (Fsp3) is 0.333. The van der Waals surface area contributed by atoms with E-state index in [1.54, 1.807) is 10.9 Å². The second-order valence-corrected chi connectivity index (χ2v) is 12.8. The van der Waals surface area contributed by atoms with Gasteiger partial charge in [0.25, 0.3) is 0 Å². The SMILES string of the molecule is Fc1cc(-c2cn([C@H]3[C@@H](OCc4ccccc4)[C@@H](COCc4ccccc4)O[C@@]4(CCCNC4)[C@@H]3OCc3ccccc3)nn2)cc(F)c1F. The van der Waals surface area contributed by atoms with Crippen LogP contribution < -0.4 is 5.32 Å². The Bertz CT molecular complexity index is 1800. The van der Waals surface area contributed by atoms with Crippen LogP contribution in [0, 0.1) is 17.5 Å². The lowest BCUT2D eigenvalue weighted by Crippen LogP contribution is -2.68. The first-order chi connectivity index (χ1) is 24.5. The summed E-state index contributed by atoms with van der Waals surface area (Å²) in [7, 11) is 0. The first-order valence-electron chi connectivity index (χ1n) is 16.9. The lowest BCUT2D eigenvalue weighted by molar-refractivity contribution is -0.285. The van der Waals surface area contributed by atoms with Crippen LogP contribution in [0.4, 0.5) is 13.2 Å². The summed E-state index contributed by atoms with van der Waals surface area (Å²) in [4.78, 5) is 0. The van der Waals surface area contributed by atoms with Crippen molar-refractivity contribution in [2.24, 2.45) is 0 Å². The van der Waals surface area contributed by atoms with Gasteiger partial charge in [-0.3, -0.25) is 0 Å². The van der Waals surface area contributed by atoms with Crippen molar-refractivity contribution < 1.29 is 32.1 Å². The summed E-state index contributed by atoms with van der Waals surface area (Å²) in [6.45, 7) is 2.51. The average Bonchev–Trinajstić information content (AvgIpc) is 3.64. The molecule has 7 rings (SSSR count). The fourth-order valence-corrected chi connectivity index (χ4v) is 6.91. The summed E-state index contributed by atoms with van der Waals surface area (Å²) < 4.78 is 71.2. The topological polar surface area (TPSA) is 79.7 Å². The van der Waals surface area contributed by atoms with Crippen molar-refractivity contribution in [1.82, 2.24) is 20.3 Å². The molecule has 1 aromatic heterocycles. The molecule has 1 N–H and O–H groups in total. The number of ether oxygens (including phenoxy) is 4. The standard InChI is InChI=1S/C39H39F3N4O4/c40-31-19-30(20-32(41)35(31)42)33-21-46(45-44-33)36-37(48-23-28-13-6-2-7-14-28)34(25-47-22-27-11-4-1-5-12-27)50-39(17-10-18-43-26-39)38(36)49-24-29-15-8-3-9-16-29/h1-9,11-16,19-21,34,36-38,43H,10,17-18,22-26H2/t34-,36+,37+,38-,39-/m1/s1. The molecule has 2 saturated heterocycles. The zero-order valence-corrected chi connectivity index (χ0v) is 27.5. The lowest BCUT2D eigenvalue weighted by atomic mass is 9.78. The Labute approximate surface area is 289 Å². The molecule has 5 atom stereocenters. The smallest absolute Gasteiger partial charge is 0.194 e. The molecule has 0 unspecified atom stereocenters. The molecule has 0 aliphatic carbocycles. The predicted octanol–water partition coefficient (Wildman–Crippen LogP) is 6.81. The van der Waals surface area contributed by atoms with Gasteiger partial charge >= 0.3 is 0 Å². The molecule has 2 fully saturated rings. The number of nitrogens with zero attached hydrogens (tertiary/aromatic N) is 3. The fourth-order valence-electron chi connectivity index (χ4n) is 6.91. The summed E-state index contributed by atoms with van der Waals surface area (Å²) in [6.07, 6.45) is 1.34. The minimum absolute atomic E-state index is 0.0556. The van der Waals surface area contributed by atoms with E-state index >= 15 is 0 Å². The molecule has 5 aromatic rings. The molecule has 2 aliphatic rings. The molecule has 0 amide bonds. The highest BCUT2D eigenvalue weighted by Gasteiger charge is 2.57. The van der Waals surface area contributed by atoms with Crippen LogP contribution in [0.15, 0.2) is 109 Å². The van der Waals surface area contributed by atoms with Gasteiger partial charge in [-0.25, -0.2) is 17.9 Å². The normalized spacial score (nSPS) is 23.7. The number of piperidine rings is 1. The zero-order chi connectivity index (χ0) is 34.3. The number of benzene rings is 4. The lowest BCUT2D eigenvalue weighted by Gasteiger charge is -2.54. The summed E-state index contributed by atoms with van der Waals surface area (Å²) in [5.74, 6) is -4.16. The zero-order valence-electron chi connectivity index (χ0n) is 27.5. The van der Waals surface area contributed by atoms with E-state index in [2.05, 4.69) is 15.6 Å². The Hall–Kier alpha value is -4.39. The van der Waals surface area contributed by atoms with Crippen molar-refractivity contribution in [2.45, 2.75) is 62.6 Å². The highest BCUT2D eigenvalue weighted by Crippen LogP contribution is 2.44. The van der Waals surface area contributed by atoms with Crippen LogP contribution in [0.3, 0.4) is 0 Å². The van der Waals surface area contributed by atoms with Gasteiger partial charge in [-0.15, -0.1) is 5.10 Å². The third kappa shape index (κ3) is 7.67. The van der Waals surface area contributed by atoms with E-state index in [4.69, 9.17) is 18.9 Å². The van der Waals surface area contributed by atoms with Crippen LogP contribution in [0.1, 0.15) is 35.6 Å². The number of rotatable bonds is 12. The molecule has 4 aromatic carbocycles. The molecule has 8 nitrogen and oxygen atoms in total. The first-order valence-corrected chi connectivity index (χ1v) is 16.9.